The molecule has 0 radical (unpaired) electrons. The summed E-state index contributed by atoms with van der Waals surface area (Å²) in [7, 11) is 1.93. The fraction of sp³-hybridized carbons (Fsp3) is 0.200. The number of hydrogen-bond donors (Lipinski definition) is 2. The summed E-state index contributed by atoms with van der Waals surface area (Å²) in [5.74, 6) is 6.23. The Bertz CT molecular complexity index is 524. The number of anilines is 1. The summed E-state index contributed by atoms with van der Waals surface area (Å²) in [5.41, 5.74) is 5.33. The van der Waals surface area contributed by atoms with Crippen molar-refractivity contribution < 1.29 is 4.57 Å². The topological polar surface area (TPSA) is 54.8 Å². The number of halogens is 1. The van der Waals surface area contributed by atoms with Crippen LogP contribution in [0.5, 0.6) is 0 Å². The van der Waals surface area contributed by atoms with Gasteiger partial charge in [-0.1, -0.05) is 11.6 Å². The number of nitrogens with one attached hydrogen (secondary N) is 1. The van der Waals surface area contributed by atoms with E-state index in [9.17, 15) is 0 Å². The van der Waals surface area contributed by atoms with Crippen LogP contribution in [0.25, 0.3) is 11.0 Å². The third-order valence-corrected chi connectivity index (χ3v) is 2.64. The number of fused-ring (bicyclic) bond motifs is 1. The monoisotopic (exact) mass is 223 g/mol. The first kappa shape index (κ1) is 10.1. The van der Waals surface area contributed by atoms with Crippen molar-refractivity contribution in [2.45, 2.75) is 6.92 Å². The zero-order chi connectivity index (χ0) is 11.0. The molecule has 0 bridgehead atoms. The molecule has 1 aromatic carbocycles. The normalized spacial score (nSPS) is 10.7. The third-order valence-electron chi connectivity index (χ3n) is 2.40. The number of nitrogens with zero attached hydrogens (tertiary/aromatic N) is 2. The second kappa shape index (κ2) is 3.64. The summed E-state index contributed by atoms with van der Waals surface area (Å²) in [6.45, 7) is 1.90. The maximum atomic E-state index is 5.91. The predicted octanol–water partition coefficient (Wildman–Crippen LogP) is 1.31. The smallest absolute Gasteiger partial charge is 0.241 e. The summed E-state index contributed by atoms with van der Waals surface area (Å²) in [6.07, 6.45) is 0. The molecule has 4 nitrogen and oxygen atoms in total. The number of nitrogen functional groups attached to an aromatic ring is 1. The lowest BCUT2D eigenvalue weighted by atomic mass is 10.2. The second-order valence-electron chi connectivity index (χ2n) is 3.38. The SMILES string of the molecule is Cc1nc2cc(Cl)ccc2[n+](C)c1NN. The molecule has 1 aromatic heterocycles. The van der Waals surface area contributed by atoms with Crippen LogP contribution in [0.2, 0.25) is 5.02 Å². The van der Waals surface area contributed by atoms with E-state index in [2.05, 4.69) is 10.4 Å². The van der Waals surface area contributed by atoms with E-state index in [1.807, 2.05) is 36.7 Å². The number of benzene rings is 1. The lowest BCUT2D eigenvalue weighted by Gasteiger charge is -2.06. The molecule has 0 aliphatic carbocycles. The summed E-state index contributed by atoms with van der Waals surface area (Å²) in [6, 6.07) is 5.59. The maximum absolute atomic E-state index is 5.91. The Labute approximate surface area is 92.7 Å². The van der Waals surface area contributed by atoms with Crippen molar-refractivity contribution in [1.82, 2.24) is 4.98 Å². The van der Waals surface area contributed by atoms with E-state index in [1.165, 1.54) is 0 Å². The van der Waals surface area contributed by atoms with Crippen molar-refractivity contribution in [1.29, 1.82) is 0 Å². The zero-order valence-corrected chi connectivity index (χ0v) is 9.34. The van der Waals surface area contributed by atoms with Gasteiger partial charge in [0.2, 0.25) is 0 Å². The first-order valence-corrected chi connectivity index (χ1v) is 4.94. The summed E-state index contributed by atoms with van der Waals surface area (Å²) >= 11 is 5.91. The molecule has 0 spiro atoms. The molecule has 0 aliphatic rings. The van der Waals surface area contributed by atoms with Gasteiger partial charge in [-0.05, 0) is 25.1 Å². The van der Waals surface area contributed by atoms with Crippen molar-refractivity contribution in [2.75, 3.05) is 5.43 Å². The number of hydrazine groups is 1. The Morgan fingerprint density at radius 1 is 1.47 bits per heavy atom. The van der Waals surface area contributed by atoms with Crippen LogP contribution in [-0.2, 0) is 7.05 Å². The average molecular weight is 224 g/mol. The zero-order valence-electron chi connectivity index (χ0n) is 8.58. The van der Waals surface area contributed by atoms with Gasteiger partial charge >= 0.3 is 5.82 Å². The molecule has 0 saturated heterocycles. The fourth-order valence-corrected chi connectivity index (χ4v) is 1.83. The minimum absolute atomic E-state index is 0.683. The Hall–Kier alpha value is -1.39. The number of rotatable bonds is 1. The molecule has 0 saturated carbocycles. The molecule has 2 aromatic rings. The number of nitrogens with two attached hydrogens (primary N) is 1. The van der Waals surface area contributed by atoms with E-state index in [0.717, 1.165) is 22.5 Å². The van der Waals surface area contributed by atoms with Gasteiger partial charge in [-0.2, -0.15) is 11.3 Å². The van der Waals surface area contributed by atoms with Crippen LogP contribution in [0.4, 0.5) is 5.82 Å². The number of aromatic nitrogens is 2. The van der Waals surface area contributed by atoms with E-state index >= 15 is 0 Å². The van der Waals surface area contributed by atoms with Crippen LogP contribution < -0.4 is 15.8 Å². The lowest BCUT2D eigenvalue weighted by molar-refractivity contribution is -0.631. The van der Waals surface area contributed by atoms with Crippen LogP contribution in [0.3, 0.4) is 0 Å². The van der Waals surface area contributed by atoms with E-state index in [-0.39, 0.29) is 0 Å². The van der Waals surface area contributed by atoms with Gasteiger partial charge in [0.15, 0.2) is 5.52 Å². The van der Waals surface area contributed by atoms with Gasteiger partial charge < -0.3 is 0 Å². The molecule has 3 N–H and O–H groups in total. The standard InChI is InChI=1S/C10H11ClN4/c1-6-10(14-12)15(2)9-4-3-7(11)5-8(9)13-6/h3-5H,1-2H3,(H2,12,13)/p+1. The molecule has 15 heavy (non-hydrogen) atoms. The predicted molar refractivity (Wildman–Crippen MR) is 60.5 cm³/mol. The van der Waals surface area contributed by atoms with Crippen molar-refractivity contribution in [3.8, 4) is 0 Å². The molecule has 5 heteroatoms. The highest BCUT2D eigenvalue weighted by Crippen LogP contribution is 2.17. The van der Waals surface area contributed by atoms with Crippen LogP contribution in [0.1, 0.15) is 5.69 Å². The summed E-state index contributed by atoms with van der Waals surface area (Å²) in [4.78, 5) is 4.42. The number of hydrogen-bond acceptors (Lipinski definition) is 3. The van der Waals surface area contributed by atoms with Crippen LogP contribution in [-0.4, -0.2) is 4.98 Å². The van der Waals surface area contributed by atoms with E-state index in [1.54, 1.807) is 0 Å². The minimum Gasteiger partial charge on any atom is -0.241 e. The first-order chi connectivity index (χ1) is 7.13. The highest BCUT2D eigenvalue weighted by molar-refractivity contribution is 6.31. The van der Waals surface area contributed by atoms with E-state index in [0.29, 0.717) is 5.02 Å². The van der Waals surface area contributed by atoms with Crippen molar-refractivity contribution in [3.63, 3.8) is 0 Å². The van der Waals surface area contributed by atoms with Gasteiger partial charge in [0.25, 0.3) is 0 Å². The molecule has 2 rings (SSSR count). The molecule has 0 unspecified atom stereocenters. The highest BCUT2D eigenvalue weighted by atomic mass is 35.5. The van der Waals surface area contributed by atoms with Gasteiger partial charge in [0, 0.05) is 5.02 Å². The molecule has 1 heterocycles. The molecule has 78 valence electrons. The van der Waals surface area contributed by atoms with E-state index in [4.69, 9.17) is 17.4 Å². The highest BCUT2D eigenvalue weighted by Gasteiger charge is 2.14. The Morgan fingerprint density at radius 3 is 2.87 bits per heavy atom. The summed E-state index contributed by atoms with van der Waals surface area (Å²) in [5, 5.41) is 0.683. The van der Waals surface area contributed by atoms with Crippen LogP contribution in [0.15, 0.2) is 18.2 Å². The fourth-order valence-electron chi connectivity index (χ4n) is 1.67. The Morgan fingerprint density at radius 2 is 2.20 bits per heavy atom. The van der Waals surface area contributed by atoms with E-state index < -0.39 is 0 Å². The Balaban J connectivity index is 2.84. The molecular weight excluding hydrogens is 212 g/mol. The molecule has 0 aliphatic heterocycles. The van der Waals surface area contributed by atoms with Gasteiger partial charge in [0.1, 0.15) is 11.2 Å². The van der Waals surface area contributed by atoms with Crippen molar-refractivity contribution in [3.05, 3.63) is 28.9 Å². The van der Waals surface area contributed by atoms with Gasteiger partial charge in [-0.3, -0.25) is 0 Å². The maximum Gasteiger partial charge on any atom is 0.314 e. The minimum atomic E-state index is 0.683. The third kappa shape index (κ3) is 1.62. The van der Waals surface area contributed by atoms with Gasteiger partial charge in [-0.25, -0.2) is 9.55 Å². The Kier molecular flexibility index (Phi) is 2.46. The molecule has 0 fully saturated rings. The first-order valence-electron chi connectivity index (χ1n) is 4.56. The molecular formula is C10H12ClN4+. The quantitative estimate of drug-likeness (QED) is 0.436. The largest absolute Gasteiger partial charge is 0.314 e. The van der Waals surface area contributed by atoms with Crippen LogP contribution >= 0.6 is 11.6 Å². The molecule has 0 atom stereocenters. The van der Waals surface area contributed by atoms with Crippen LogP contribution in [0, 0.1) is 6.92 Å². The van der Waals surface area contributed by atoms with Crippen molar-refractivity contribution >= 4 is 28.5 Å². The summed E-state index contributed by atoms with van der Waals surface area (Å²) < 4.78 is 1.95. The van der Waals surface area contributed by atoms with Gasteiger partial charge in [-0.15, -0.1) is 0 Å². The lowest BCUT2D eigenvalue weighted by Crippen LogP contribution is -2.36. The number of aryl methyl sites for hydroxylation is 2. The average Bonchev–Trinajstić information content (AvgIpc) is 2.17. The van der Waals surface area contributed by atoms with Crippen molar-refractivity contribution in [2.24, 2.45) is 12.9 Å². The second-order valence-corrected chi connectivity index (χ2v) is 3.82. The van der Waals surface area contributed by atoms with Gasteiger partial charge in [0.05, 0.1) is 7.05 Å². The molecule has 0 amide bonds.